The molecule has 0 saturated carbocycles. The van der Waals surface area contributed by atoms with Crippen molar-refractivity contribution >= 4 is 23.4 Å². The summed E-state index contributed by atoms with van der Waals surface area (Å²) in [5.41, 5.74) is 1.63. The van der Waals surface area contributed by atoms with Crippen LogP contribution in [0.4, 0.5) is 10.1 Å². The van der Waals surface area contributed by atoms with E-state index in [-0.39, 0.29) is 16.7 Å². The standard InChI is InChI=1S/C16H11FN2OS/c17-12-5-6-13(11(7-12)9-18)19-16(20)15-8-10-3-1-2-4-14(10)21-15/h1-7,15H,8H2,(H,19,20). The van der Waals surface area contributed by atoms with Crippen LogP contribution in [0, 0.1) is 17.1 Å². The van der Waals surface area contributed by atoms with Crippen LogP contribution in [-0.2, 0) is 11.2 Å². The first-order valence-electron chi connectivity index (χ1n) is 6.42. The normalized spacial score (nSPS) is 16.1. The third-order valence-electron chi connectivity index (χ3n) is 3.30. The van der Waals surface area contributed by atoms with E-state index in [0.29, 0.717) is 12.1 Å². The zero-order valence-corrected chi connectivity index (χ0v) is 11.8. The second-order valence-electron chi connectivity index (χ2n) is 4.71. The van der Waals surface area contributed by atoms with Crippen molar-refractivity contribution in [2.75, 3.05) is 5.32 Å². The summed E-state index contributed by atoms with van der Waals surface area (Å²) in [6.45, 7) is 0. The zero-order chi connectivity index (χ0) is 14.8. The number of benzene rings is 2. The maximum absolute atomic E-state index is 13.1. The number of nitriles is 1. The van der Waals surface area contributed by atoms with Gasteiger partial charge < -0.3 is 5.32 Å². The van der Waals surface area contributed by atoms with E-state index in [4.69, 9.17) is 5.26 Å². The fraction of sp³-hybridized carbons (Fsp3) is 0.125. The minimum absolute atomic E-state index is 0.129. The Bertz CT molecular complexity index is 729. The average molecular weight is 298 g/mol. The molecule has 1 N–H and O–H groups in total. The summed E-state index contributed by atoms with van der Waals surface area (Å²) in [5, 5.41) is 11.5. The fourth-order valence-electron chi connectivity index (χ4n) is 2.26. The molecule has 0 aliphatic carbocycles. The predicted molar refractivity (Wildman–Crippen MR) is 79.5 cm³/mol. The van der Waals surface area contributed by atoms with Gasteiger partial charge in [0.25, 0.3) is 0 Å². The quantitative estimate of drug-likeness (QED) is 0.925. The molecule has 0 saturated heterocycles. The van der Waals surface area contributed by atoms with Crippen LogP contribution in [-0.4, -0.2) is 11.2 Å². The van der Waals surface area contributed by atoms with E-state index < -0.39 is 5.82 Å². The number of amides is 1. The molecule has 0 fully saturated rings. The SMILES string of the molecule is N#Cc1cc(F)ccc1NC(=O)C1Cc2ccccc2S1. The summed E-state index contributed by atoms with van der Waals surface area (Å²) in [7, 11) is 0. The van der Waals surface area contributed by atoms with Gasteiger partial charge in [-0.3, -0.25) is 4.79 Å². The first kappa shape index (κ1) is 13.7. The Morgan fingerprint density at radius 1 is 1.33 bits per heavy atom. The van der Waals surface area contributed by atoms with Crippen molar-refractivity contribution in [3.63, 3.8) is 0 Å². The lowest BCUT2D eigenvalue weighted by Crippen LogP contribution is -2.25. The van der Waals surface area contributed by atoms with Crippen LogP contribution in [0.2, 0.25) is 0 Å². The minimum atomic E-state index is -0.493. The van der Waals surface area contributed by atoms with Gasteiger partial charge in [0.15, 0.2) is 0 Å². The van der Waals surface area contributed by atoms with Gasteiger partial charge in [0.05, 0.1) is 16.5 Å². The molecule has 0 aromatic heterocycles. The monoisotopic (exact) mass is 298 g/mol. The number of fused-ring (bicyclic) bond motifs is 1. The maximum Gasteiger partial charge on any atom is 0.238 e. The lowest BCUT2D eigenvalue weighted by Gasteiger charge is -2.11. The number of rotatable bonds is 2. The molecule has 3 nitrogen and oxygen atoms in total. The molecule has 2 aromatic carbocycles. The van der Waals surface area contributed by atoms with Gasteiger partial charge in [-0.05, 0) is 36.2 Å². The Morgan fingerprint density at radius 2 is 2.14 bits per heavy atom. The van der Waals surface area contributed by atoms with Crippen molar-refractivity contribution in [1.82, 2.24) is 0 Å². The van der Waals surface area contributed by atoms with Gasteiger partial charge in [0, 0.05) is 4.90 Å². The minimum Gasteiger partial charge on any atom is -0.324 e. The van der Waals surface area contributed by atoms with Crippen molar-refractivity contribution in [3.05, 3.63) is 59.4 Å². The van der Waals surface area contributed by atoms with Gasteiger partial charge in [0.2, 0.25) is 5.91 Å². The molecule has 5 heteroatoms. The smallest absolute Gasteiger partial charge is 0.238 e. The highest BCUT2D eigenvalue weighted by Crippen LogP contribution is 2.37. The first-order chi connectivity index (χ1) is 10.2. The summed E-state index contributed by atoms with van der Waals surface area (Å²) in [4.78, 5) is 13.4. The molecular weight excluding hydrogens is 287 g/mol. The van der Waals surface area contributed by atoms with Crippen molar-refractivity contribution in [2.24, 2.45) is 0 Å². The molecule has 1 aliphatic rings. The van der Waals surface area contributed by atoms with Gasteiger partial charge in [-0.1, -0.05) is 18.2 Å². The highest BCUT2D eigenvalue weighted by atomic mass is 32.2. The largest absolute Gasteiger partial charge is 0.324 e. The van der Waals surface area contributed by atoms with Gasteiger partial charge in [-0.25, -0.2) is 4.39 Å². The number of thioether (sulfide) groups is 1. The Labute approximate surface area is 125 Å². The molecule has 0 radical (unpaired) electrons. The van der Waals surface area contributed by atoms with E-state index in [9.17, 15) is 9.18 Å². The van der Waals surface area contributed by atoms with E-state index >= 15 is 0 Å². The number of hydrogen-bond acceptors (Lipinski definition) is 3. The number of nitrogens with zero attached hydrogens (tertiary/aromatic N) is 1. The van der Waals surface area contributed by atoms with Crippen molar-refractivity contribution in [1.29, 1.82) is 5.26 Å². The number of halogens is 1. The lowest BCUT2D eigenvalue weighted by molar-refractivity contribution is -0.115. The predicted octanol–water partition coefficient (Wildman–Crippen LogP) is 3.35. The number of hydrogen-bond donors (Lipinski definition) is 1. The maximum atomic E-state index is 13.1. The molecule has 1 amide bonds. The Kier molecular flexibility index (Phi) is 3.63. The number of carbonyl (C=O) groups is 1. The van der Waals surface area contributed by atoms with Crippen LogP contribution in [0.3, 0.4) is 0 Å². The van der Waals surface area contributed by atoms with Crippen LogP contribution in [0.5, 0.6) is 0 Å². The number of carbonyl (C=O) groups excluding carboxylic acids is 1. The highest BCUT2D eigenvalue weighted by molar-refractivity contribution is 8.01. The van der Waals surface area contributed by atoms with E-state index in [1.165, 1.54) is 23.9 Å². The summed E-state index contributed by atoms with van der Waals surface area (Å²) < 4.78 is 13.1. The lowest BCUT2D eigenvalue weighted by atomic mass is 10.1. The molecular formula is C16H11FN2OS. The molecule has 3 rings (SSSR count). The molecule has 2 aromatic rings. The number of anilines is 1. The second-order valence-corrected chi connectivity index (χ2v) is 5.95. The molecule has 1 unspecified atom stereocenters. The Morgan fingerprint density at radius 3 is 2.90 bits per heavy atom. The van der Waals surface area contributed by atoms with E-state index in [1.807, 2.05) is 30.3 Å². The van der Waals surface area contributed by atoms with Crippen molar-refractivity contribution in [3.8, 4) is 6.07 Å². The summed E-state index contributed by atoms with van der Waals surface area (Å²) in [5.74, 6) is -0.661. The van der Waals surface area contributed by atoms with Crippen LogP contribution in [0.1, 0.15) is 11.1 Å². The molecule has 104 valence electrons. The van der Waals surface area contributed by atoms with Crippen molar-refractivity contribution < 1.29 is 9.18 Å². The van der Waals surface area contributed by atoms with E-state index in [2.05, 4.69) is 5.32 Å². The molecule has 21 heavy (non-hydrogen) atoms. The average Bonchev–Trinajstić information content (AvgIpc) is 2.93. The van der Waals surface area contributed by atoms with Crippen molar-refractivity contribution in [2.45, 2.75) is 16.6 Å². The zero-order valence-electron chi connectivity index (χ0n) is 11.0. The highest BCUT2D eigenvalue weighted by Gasteiger charge is 2.28. The number of nitrogens with one attached hydrogen (secondary N) is 1. The summed E-state index contributed by atoms with van der Waals surface area (Å²) in [6, 6.07) is 13.5. The van der Waals surface area contributed by atoms with E-state index in [1.54, 1.807) is 0 Å². The molecule has 1 atom stereocenters. The Balaban J connectivity index is 1.76. The molecule has 0 bridgehead atoms. The topological polar surface area (TPSA) is 52.9 Å². The third-order valence-corrected chi connectivity index (χ3v) is 4.62. The molecule has 1 heterocycles. The summed E-state index contributed by atoms with van der Waals surface area (Å²) >= 11 is 1.51. The first-order valence-corrected chi connectivity index (χ1v) is 7.30. The summed E-state index contributed by atoms with van der Waals surface area (Å²) in [6.07, 6.45) is 0.662. The molecule has 0 spiro atoms. The fourth-order valence-corrected chi connectivity index (χ4v) is 3.45. The van der Waals surface area contributed by atoms with Crippen LogP contribution in [0.15, 0.2) is 47.4 Å². The second kappa shape index (κ2) is 5.58. The van der Waals surface area contributed by atoms with Crippen LogP contribution >= 0.6 is 11.8 Å². The molecule has 1 aliphatic heterocycles. The Hall–Kier alpha value is -2.32. The van der Waals surface area contributed by atoms with Gasteiger partial charge in [-0.15, -0.1) is 11.8 Å². The van der Waals surface area contributed by atoms with Gasteiger partial charge >= 0.3 is 0 Å². The van der Waals surface area contributed by atoms with Gasteiger partial charge in [0.1, 0.15) is 11.9 Å². The van der Waals surface area contributed by atoms with Crippen LogP contribution < -0.4 is 5.32 Å². The van der Waals surface area contributed by atoms with Gasteiger partial charge in [-0.2, -0.15) is 5.26 Å². The van der Waals surface area contributed by atoms with E-state index in [0.717, 1.165) is 16.5 Å². The van der Waals surface area contributed by atoms with Crippen LogP contribution in [0.25, 0.3) is 0 Å². The third kappa shape index (κ3) is 2.76.